The first-order chi connectivity index (χ1) is 13.6. The third kappa shape index (κ3) is 4.09. The Morgan fingerprint density at radius 3 is 2.57 bits per heavy atom. The van der Waals surface area contributed by atoms with Crippen LogP contribution in [0.25, 0.3) is 0 Å². The molecule has 3 aliphatic rings. The zero-order valence-electron chi connectivity index (χ0n) is 17.1. The van der Waals surface area contributed by atoms with Gasteiger partial charge in [-0.05, 0) is 75.7 Å². The summed E-state index contributed by atoms with van der Waals surface area (Å²) in [5.74, 6) is 1.13. The number of hydrogen-bond acceptors (Lipinski definition) is 3. The average molecular weight is 384 g/mol. The van der Waals surface area contributed by atoms with Crippen molar-refractivity contribution < 1.29 is 9.59 Å². The zero-order valence-corrected chi connectivity index (χ0v) is 17.1. The SMILES string of the molecule is CCN1CC2(CCN(C(=O)c3ccc(C[C@@H]4CCCNC4)cc3)CC2)CC1=O. The van der Waals surface area contributed by atoms with Crippen LogP contribution in [-0.4, -0.2) is 60.9 Å². The Kier molecular flexibility index (Phi) is 5.72. The Morgan fingerprint density at radius 2 is 1.96 bits per heavy atom. The summed E-state index contributed by atoms with van der Waals surface area (Å²) in [6, 6.07) is 8.25. The third-order valence-electron chi connectivity index (χ3n) is 7.02. The first-order valence-electron chi connectivity index (χ1n) is 11.0. The monoisotopic (exact) mass is 383 g/mol. The van der Waals surface area contributed by atoms with Crippen LogP contribution in [0.3, 0.4) is 0 Å². The molecule has 0 unspecified atom stereocenters. The van der Waals surface area contributed by atoms with Crippen LogP contribution in [0.2, 0.25) is 0 Å². The van der Waals surface area contributed by atoms with E-state index in [1.54, 1.807) is 0 Å². The maximum Gasteiger partial charge on any atom is 0.253 e. The molecule has 3 heterocycles. The van der Waals surface area contributed by atoms with Gasteiger partial charge in [-0.3, -0.25) is 9.59 Å². The number of likely N-dealkylation sites (tertiary alicyclic amines) is 2. The number of nitrogens with zero attached hydrogens (tertiary/aromatic N) is 2. The quantitative estimate of drug-likeness (QED) is 0.870. The second-order valence-corrected chi connectivity index (χ2v) is 8.99. The molecule has 4 rings (SSSR count). The van der Waals surface area contributed by atoms with E-state index in [0.29, 0.717) is 12.3 Å². The molecule has 152 valence electrons. The number of carbonyl (C=O) groups is 2. The predicted molar refractivity (Wildman–Crippen MR) is 110 cm³/mol. The van der Waals surface area contributed by atoms with Gasteiger partial charge in [0.25, 0.3) is 5.91 Å². The second kappa shape index (κ2) is 8.24. The molecule has 1 aromatic carbocycles. The highest BCUT2D eigenvalue weighted by molar-refractivity contribution is 5.94. The molecule has 1 N–H and O–H groups in total. The Morgan fingerprint density at radius 1 is 1.21 bits per heavy atom. The summed E-state index contributed by atoms with van der Waals surface area (Å²) in [5.41, 5.74) is 2.22. The van der Waals surface area contributed by atoms with Crippen molar-refractivity contribution in [3.05, 3.63) is 35.4 Å². The summed E-state index contributed by atoms with van der Waals surface area (Å²) in [5, 5.41) is 3.47. The highest BCUT2D eigenvalue weighted by Gasteiger charge is 2.44. The summed E-state index contributed by atoms with van der Waals surface area (Å²) in [6.07, 6.45) is 6.19. The zero-order chi connectivity index (χ0) is 19.6. The van der Waals surface area contributed by atoms with Crippen LogP contribution in [0.1, 0.15) is 54.9 Å². The fourth-order valence-electron chi connectivity index (χ4n) is 5.19. The van der Waals surface area contributed by atoms with Gasteiger partial charge in [-0.2, -0.15) is 0 Å². The predicted octanol–water partition coefficient (Wildman–Crippen LogP) is 2.70. The van der Waals surface area contributed by atoms with Crippen molar-refractivity contribution in [3.8, 4) is 0 Å². The Labute approximate surface area is 168 Å². The number of hydrogen-bond donors (Lipinski definition) is 1. The van der Waals surface area contributed by atoms with E-state index in [0.717, 1.165) is 64.1 Å². The molecule has 5 heteroatoms. The molecule has 2 amide bonds. The molecule has 1 spiro atoms. The Hall–Kier alpha value is -1.88. The van der Waals surface area contributed by atoms with Crippen LogP contribution in [0.5, 0.6) is 0 Å². The average Bonchev–Trinajstić information content (AvgIpc) is 3.04. The molecular formula is C23H33N3O2. The number of piperidine rings is 2. The maximum absolute atomic E-state index is 12.9. The lowest BCUT2D eigenvalue weighted by molar-refractivity contribution is -0.127. The lowest BCUT2D eigenvalue weighted by Crippen LogP contribution is -2.44. The van der Waals surface area contributed by atoms with Crippen LogP contribution in [-0.2, 0) is 11.2 Å². The van der Waals surface area contributed by atoms with Crippen LogP contribution in [0.15, 0.2) is 24.3 Å². The number of nitrogens with one attached hydrogen (secondary N) is 1. The van der Waals surface area contributed by atoms with Crippen molar-refractivity contribution in [3.63, 3.8) is 0 Å². The summed E-state index contributed by atoms with van der Waals surface area (Å²) in [7, 11) is 0. The topological polar surface area (TPSA) is 52.6 Å². The van der Waals surface area contributed by atoms with Crippen LogP contribution >= 0.6 is 0 Å². The molecule has 0 aliphatic carbocycles. The highest BCUT2D eigenvalue weighted by atomic mass is 16.2. The number of rotatable bonds is 4. The largest absolute Gasteiger partial charge is 0.342 e. The van der Waals surface area contributed by atoms with Gasteiger partial charge in [-0.1, -0.05) is 12.1 Å². The summed E-state index contributed by atoms with van der Waals surface area (Å²) in [4.78, 5) is 29.0. The normalized spacial score (nSPS) is 24.8. The summed E-state index contributed by atoms with van der Waals surface area (Å²) in [6.45, 7) is 7.49. The minimum atomic E-state index is 0.0990. The van der Waals surface area contributed by atoms with E-state index < -0.39 is 0 Å². The first-order valence-corrected chi connectivity index (χ1v) is 11.0. The molecular weight excluding hydrogens is 350 g/mol. The molecule has 28 heavy (non-hydrogen) atoms. The van der Waals surface area contributed by atoms with Crippen molar-refractivity contribution in [1.82, 2.24) is 15.1 Å². The van der Waals surface area contributed by atoms with Crippen LogP contribution in [0.4, 0.5) is 0 Å². The second-order valence-electron chi connectivity index (χ2n) is 8.99. The van der Waals surface area contributed by atoms with Crippen molar-refractivity contribution in [2.75, 3.05) is 39.3 Å². The maximum atomic E-state index is 12.9. The Bertz CT molecular complexity index is 701. The Balaban J connectivity index is 1.32. The van der Waals surface area contributed by atoms with Gasteiger partial charge in [0.05, 0.1) is 0 Å². The van der Waals surface area contributed by atoms with E-state index in [9.17, 15) is 9.59 Å². The van der Waals surface area contributed by atoms with Crippen molar-refractivity contribution in [1.29, 1.82) is 0 Å². The van der Waals surface area contributed by atoms with Crippen molar-refractivity contribution in [2.45, 2.75) is 45.4 Å². The molecule has 0 bridgehead atoms. The summed E-state index contributed by atoms with van der Waals surface area (Å²) < 4.78 is 0. The number of benzene rings is 1. The smallest absolute Gasteiger partial charge is 0.253 e. The standard InChI is InChI=1S/C23H33N3O2/c1-2-25-17-23(15-21(25)27)9-12-26(13-10-23)22(28)20-7-5-18(6-8-20)14-19-4-3-11-24-16-19/h5-8,19,24H,2-4,9-17H2,1H3/t19-/m0/s1. The molecule has 3 aliphatic heterocycles. The van der Waals surface area contributed by atoms with E-state index in [2.05, 4.69) is 17.4 Å². The number of amides is 2. The lowest BCUT2D eigenvalue weighted by atomic mass is 9.77. The third-order valence-corrected chi connectivity index (χ3v) is 7.02. The first kappa shape index (κ1) is 19.4. The molecule has 0 saturated carbocycles. The highest BCUT2D eigenvalue weighted by Crippen LogP contribution is 2.41. The number of carbonyl (C=O) groups excluding carboxylic acids is 2. The van der Waals surface area contributed by atoms with Crippen molar-refractivity contribution >= 4 is 11.8 Å². The minimum absolute atomic E-state index is 0.0990. The van der Waals surface area contributed by atoms with Gasteiger partial charge in [-0.15, -0.1) is 0 Å². The van der Waals surface area contributed by atoms with E-state index >= 15 is 0 Å². The molecule has 3 fully saturated rings. The van der Waals surface area contributed by atoms with E-state index in [-0.39, 0.29) is 17.2 Å². The fourth-order valence-corrected chi connectivity index (χ4v) is 5.19. The fraction of sp³-hybridized carbons (Fsp3) is 0.652. The van der Waals surface area contributed by atoms with E-state index in [4.69, 9.17) is 0 Å². The van der Waals surface area contributed by atoms with Gasteiger partial charge in [0.2, 0.25) is 5.91 Å². The molecule has 3 saturated heterocycles. The minimum Gasteiger partial charge on any atom is -0.342 e. The lowest BCUT2D eigenvalue weighted by Gasteiger charge is -2.38. The van der Waals surface area contributed by atoms with Gasteiger partial charge in [-0.25, -0.2) is 0 Å². The van der Waals surface area contributed by atoms with Gasteiger partial charge in [0.15, 0.2) is 0 Å². The van der Waals surface area contributed by atoms with Gasteiger partial charge >= 0.3 is 0 Å². The summed E-state index contributed by atoms with van der Waals surface area (Å²) >= 11 is 0. The molecule has 0 aromatic heterocycles. The van der Waals surface area contributed by atoms with Crippen LogP contribution < -0.4 is 5.32 Å². The molecule has 1 atom stereocenters. The molecule has 0 radical (unpaired) electrons. The van der Waals surface area contributed by atoms with Gasteiger partial charge in [0, 0.05) is 43.6 Å². The van der Waals surface area contributed by atoms with Gasteiger partial charge < -0.3 is 15.1 Å². The van der Waals surface area contributed by atoms with E-state index in [1.807, 2.05) is 28.9 Å². The molecule has 5 nitrogen and oxygen atoms in total. The van der Waals surface area contributed by atoms with E-state index in [1.165, 1.54) is 18.4 Å². The molecule has 1 aromatic rings. The van der Waals surface area contributed by atoms with Gasteiger partial charge in [0.1, 0.15) is 0 Å². The van der Waals surface area contributed by atoms with Crippen molar-refractivity contribution in [2.24, 2.45) is 11.3 Å². The van der Waals surface area contributed by atoms with Crippen LogP contribution in [0, 0.1) is 11.3 Å².